The van der Waals surface area contributed by atoms with Crippen LogP contribution in [0.25, 0.3) is 16.9 Å². The van der Waals surface area contributed by atoms with Gasteiger partial charge in [0, 0.05) is 0 Å². The molecule has 0 aliphatic carbocycles. The van der Waals surface area contributed by atoms with E-state index < -0.39 is 21.2 Å². The maximum atomic E-state index is 10.2. The second-order valence-corrected chi connectivity index (χ2v) is 11.0. The van der Waals surface area contributed by atoms with Crippen molar-refractivity contribution in [2.24, 2.45) is 0 Å². The molecule has 0 bridgehead atoms. The first kappa shape index (κ1) is 20.7. The van der Waals surface area contributed by atoms with Gasteiger partial charge in [0.2, 0.25) is 0 Å². The molecule has 2 aromatic heterocycles. The van der Waals surface area contributed by atoms with Crippen molar-refractivity contribution < 1.29 is 40.5 Å². The summed E-state index contributed by atoms with van der Waals surface area (Å²) >= 11 is 6.31. The van der Waals surface area contributed by atoms with Crippen molar-refractivity contribution >= 4 is 28.8 Å². The number of benzene rings is 2. The van der Waals surface area contributed by atoms with Crippen molar-refractivity contribution in [3.05, 3.63) is 57.1 Å². The predicted octanol–water partition coefficient (Wildman–Crippen LogP) is 1.55. The van der Waals surface area contributed by atoms with Crippen LogP contribution in [0.3, 0.4) is 0 Å². The molecule has 9 heteroatoms. The fourth-order valence-electron chi connectivity index (χ4n) is 4.30. The first-order chi connectivity index (χ1) is 16.1. The Morgan fingerprint density at radius 3 is 2.79 bits per heavy atom. The summed E-state index contributed by atoms with van der Waals surface area (Å²) in [5.41, 5.74) is 3.40. The third kappa shape index (κ3) is 3.43. The molecule has 2 aromatic carbocycles. The van der Waals surface area contributed by atoms with Gasteiger partial charge < -0.3 is 0 Å². The number of ether oxygens (including phenoxy) is 3. The van der Waals surface area contributed by atoms with E-state index >= 15 is 0 Å². The van der Waals surface area contributed by atoms with Gasteiger partial charge >= 0.3 is 206 Å². The zero-order valence-electron chi connectivity index (χ0n) is 17.7. The van der Waals surface area contributed by atoms with Crippen LogP contribution in [0.5, 0.6) is 23.1 Å². The van der Waals surface area contributed by atoms with Crippen LogP contribution in [0.15, 0.2) is 48.5 Å². The van der Waals surface area contributed by atoms with Crippen LogP contribution in [0.1, 0.15) is 0 Å². The zero-order valence-corrected chi connectivity index (χ0v) is 20.6. The predicted molar refractivity (Wildman–Crippen MR) is 122 cm³/mol. The normalized spacial score (nSPS) is 15.2. The Kier molecular flexibility index (Phi) is 5.14. The number of hydrogen-bond acceptors (Lipinski definition) is 6. The minimum atomic E-state index is -0.403. The molecule has 0 radical (unpaired) electrons. The van der Waals surface area contributed by atoms with Crippen LogP contribution in [0.4, 0.5) is 11.5 Å². The van der Waals surface area contributed by atoms with Crippen molar-refractivity contribution in [3.63, 3.8) is 0 Å². The average Bonchev–Trinajstić information content (AvgIpc) is 3.18. The molecule has 6 rings (SSSR count). The summed E-state index contributed by atoms with van der Waals surface area (Å²) < 4.78 is 21.4. The van der Waals surface area contributed by atoms with Gasteiger partial charge in [-0.25, -0.2) is 0 Å². The van der Waals surface area contributed by atoms with Crippen LogP contribution in [-0.4, -0.2) is 45.8 Å². The topological polar surface area (TPSA) is 68.5 Å². The second kappa shape index (κ2) is 8.18. The number of phenols is 1. The van der Waals surface area contributed by atoms with Gasteiger partial charge in [0.25, 0.3) is 0 Å². The molecule has 33 heavy (non-hydrogen) atoms. The number of methoxy groups -OCH3 is 1. The van der Waals surface area contributed by atoms with Gasteiger partial charge in [-0.2, -0.15) is 0 Å². The van der Waals surface area contributed by atoms with Gasteiger partial charge in [0.05, 0.1) is 0 Å². The molecule has 0 spiro atoms. The van der Waals surface area contributed by atoms with Gasteiger partial charge in [0.15, 0.2) is 0 Å². The standard InChI is InChI=1S/C24H20ClIN3O4/c1-31-21-4-2-3-20-27-23-22-16(25)12-15(30)13-17(22)26-7-8-28(24(23)29(20)21)14-5-6-18-19(11-14)33-10-9-32-18/h2-6,11-13,30H,7-10H2,1H3/q-1. The van der Waals surface area contributed by atoms with E-state index in [2.05, 4.69) is 4.90 Å². The number of halogens is 2. The van der Waals surface area contributed by atoms with Crippen molar-refractivity contribution in [1.29, 1.82) is 0 Å². The number of imidazole rings is 1. The molecule has 0 fully saturated rings. The molecule has 0 saturated heterocycles. The number of alkyl halides is 1. The summed E-state index contributed by atoms with van der Waals surface area (Å²) in [4.78, 5) is 7.25. The van der Waals surface area contributed by atoms with Crippen molar-refractivity contribution in [3.8, 4) is 34.4 Å². The Morgan fingerprint density at radius 2 is 1.94 bits per heavy atom. The van der Waals surface area contributed by atoms with E-state index in [0.29, 0.717) is 24.1 Å². The van der Waals surface area contributed by atoms with Crippen molar-refractivity contribution in [1.82, 2.24) is 9.38 Å². The fourth-order valence-corrected chi connectivity index (χ4v) is 7.54. The van der Waals surface area contributed by atoms with Gasteiger partial charge in [-0.1, -0.05) is 0 Å². The van der Waals surface area contributed by atoms with Gasteiger partial charge in [-0.15, -0.1) is 0 Å². The summed E-state index contributed by atoms with van der Waals surface area (Å²) in [6.45, 7) is 1.86. The Bertz CT molecular complexity index is 1390. The number of fused-ring (bicyclic) bond motifs is 6. The third-order valence-corrected chi connectivity index (χ3v) is 8.69. The van der Waals surface area contributed by atoms with Crippen molar-refractivity contribution in [2.75, 3.05) is 36.2 Å². The third-order valence-electron chi connectivity index (χ3n) is 5.70. The summed E-state index contributed by atoms with van der Waals surface area (Å²) in [6.07, 6.45) is 0. The summed E-state index contributed by atoms with van der Waals surface area (Å²) in [7, 11) is 1.66. The molecule has 0 amide bonds. The van der Waals surface area contributed by atoms with E-state index in [4.69, 9.17) is 30.8 Å². The molecule has 4 aromatic rings. The molecule has 2 aliphatic rings. The van der Waals surface area contributed by atoms with E-state index in [1.165, 1.54) is 0 Å². The van der Waals surface area contributed by atoms with Crippen LogP contribution < -0.4 is 40.3 Å². The van der Waals surface area contributed by atoms with Crippen LogP contribution in [0, 0.1) is 3.57 Å². The molecule has 2 aliphatic heterocycles. The van der Waals surface area contributed by atoms with Crippen molar-refractivity contribution in [2.45, 2.75) is 0 Å². The second-order valence-electron chi connectivity index (χ2n) is 7.63. The van der Waals surface area contributed by atoms with E-state index in [1.807, 2.05) is 46.9 Å². The Hall–Kier alpha value is -2.85. The first-order valence-corrected chi connectivity index (χ1v) is 13.5. The Labute approximate surface area is 205 Å². The van der Waals surface area contributed by atoms with E-state index in [9.17, 15) is 5.11 Å². The number of phenolic OH excluding ortho intramolecular Hbond substituents is 1. The summed E-state index contributed by atoms with van der Waals surface area (Å²) in [5, 5.41) is 10.7. The number of anilines is 2. The number of rotatable bonds is 2. The van der Waals surface area contributed by atoms with E-state index in [1.54, 1.807) is 13.2 Å². The Balaban J connectivity index is 1.65. The number of nitrogens with zero attached hydrogens (tertiary/aromatic N) is 3. The molecular formula is C24H20ClIN3O4-. The number of aromatic hydroxyl groups is 1. The molecule has 170 valence electrons. The summed E-state index contributed by atoms with van der Waals surface area (Å²) in [6, 6.07) is 15.2. The number of aromatic nitrogens is 2. The monoisotopic (exact) mass is 576 g/mol. The minimum absolute atomic E-state index is 0.186. The van der Waals surface area contributed by atoms with Gasteiger partial charge in [-0.3, -0.25) is 0 Å². The molecular weight excluding hydrogens is 557 g/mol. The molecule has 0 saturated carbocycles. The number of pyridine rings is 1. The first-order valence-electron chi connectivity index (χ1n) is 10.5. The SMILES string of the molecule is COc1cccc2nc3c(n12)N(c1ccc2c(c1)OCCO2)CC[I-]c1cc(O)cc(Cl)c1-3. The molecule has 0 unspecified atom stereocenters. The molecule has 0 atom stereocenters. The van der Waals surface area contributed by atoms with Gasteiger partial charge in [-0.05, 0) is 0 Å². The van der Waals surface area contributed by atoms with E-state index in [-0.39, 0.29) is 5.75 Å². The Morgan fingerprint density at radius 1 is 1.09 bits per heavy atom. The summed E-state index contributed by atoms with van der Waals surface area (Å²) in [5.74, 6) is 3.23. The van der Waals surface area contributed by atoms with E-state index in [0.717, 1.165) is 54.5 Å². The van der Waals surface area contributed by atoms with Crippen LogP contribution >= 0.6 is 11.6 Å². The molecule has 1 N–H and O–H groups in total. The average molecular weight is 577 g/mol. The number of hydrogen-bond donors (Lipinski definition) is 1. The van der Waals surface area contributed by atoms with Gasteiger partial charge in [0.1, 0.15) is 0 Å². The quantitative estimate of drug-likeness (QED) is 0.289. The fraction of sp³-hybridized carbons (Fsp3) is 0.208. The maximum absolute atomic E-state index is 10.2. The van der Waals surface area contributed by atoms with Crippen LogP contribution in [-0.2, 0) is 0 Å². The zero-order chi connectivity index (χ0) is 22.5. The molecule has 7 nitrogen and oxygen atoms in total. The molecule has 4 heterocycles. The van der Waals surface area contributed by atoms with Crippen LogP contribution in [0.2, 0.25) is 5.02 Å².